The van der Waals surface area contributed by atoms with E-state index in [0.717, 1.165) is 27.4 Å². The van der Waals surface area contributed by atoms with Crippen LogP contribution in [0.3, 0.4) is 0 Å². The summed E-state index contributed by atoms with van der Waals surface area (Å²) < 4.78 is 5.82. The zero-order valence-electron chi connectivity index (χ0n) is 17.0. The van der Waals surface area contributed by atoms with Crippen molar-refractivity contribution in [2.75, 3.05) is 5.32 Å². The van der Waals surface area contributed by atoms with E-state index in [1.807, 2.05) is 73.7 Å². The molecule has 0 saturated heterocycles. The third kappa shape index (κ3) is 3.65. The molecule has 3 aromatic carbocycles. The summed E-state index contributed by atoms with van der Waals surface area (Å²) in [5, 5.41) is 17.8. The molecule has 2 heterocycles. The van der Waals surface area contributed by atoms with Gasteiger partial charge in [-0.05, 0) is 54.1 Å². The zero-order valence-corrected chi connectivity index (χ0v) is 17.0. The van der Waals surface area contributed by atoms with Gasteiger partial charge in [-0.25, -0.2) is 4.98 Å². The molecule has 0 amide bonds. The maximum atomic E-state index is 11.9. The van der Waals surface area contributed by atoms with Crippen LogP contribution >= 0.6 is 0 Å². The van der Waals surface area contributed by atoms with E-state index in [1.54, 1.807) is 6.07 Å². The number of nitrogens with one attached hydrogen (secondary N) is 1. The van der Waals surface area contributed by atoms with Crippen molar-refractivity contribution in [2.24, 2.45) is 0 Å². The van der Waals surface area contributed by atoms with Gasteiger partial charge < -0.3 is 10.1 Å². The van der Waals surface area contributed by atoms with Crippen LogP contribution in [0, 0.1) is 17.0 Å². The summed E-state index contributed by atoms with van der Waals surface area (Å²) in [5.74, 6) is 0.340. The van der Waals surface area contributed by atoms with Crippen LogP contribution in [0.4, 0.5) is 17.2 Å². The molecule has 8 heteroatoms. The predicted molar refractivity (Wildman–Crippen MR) is 122 cm³/mol. The van der Waals surface area contributed by atoms with Crippen LogP contribution in [0.25, 0.3) is 21.7 Å². The molecule has 2 aromatic heterocycles. The molecule has 0 saturated carbocycles. The minimum Gasteiger partial charge on any atom is -0.434 e. The Labute approximate surface area is 182 Å². The van der Waals surface area contributed by atoms with Gasteiger partial charge in [0.25, 0.3) is 0 Å². The van der Waals surface area contributed by atoms with Gasteiger partial charge in [0.1, 0.15) is 12.1 Å². The number of aromatic nitrogens is 3. The Balaban J connectivity index is 1.54. The van der Waals surface area contributed by atoms with E-state index >= 15 is 0 Å². The Morgan fingerprint density at radius 1 is 0.938 bits per heavy atom. The first kappa shape index (κ1) is 19.4. The Hall–Kier alpha value is -4.59. The van der Waals surface area contributed by atoms with Crippen LogP contribution in [0.15, 0.2) is 79.1 Å². The summed E-state index contributed by atoms with van der Waals surface area (Å²) in [6.07, 6.45) is 1.24. The van der Waals surface area contributed by atoms with Gasteiger partial charge in [0.15, 0.2) is 0 Å². The topological polar surface area (TPSA) is 103 Å². The Morgan fingerprint density at radius 3 is 2.62 bits per heavy atom. The van der Waals surface area contributed by atoms with Crippen molar-refractivity contribution in [1.29, 1.82) is 0 Å². The lowest BCUT2D eigenvalue weighted by Gasteiger charge is -2.11. The third-order valence-corrected chi connectivity index (χ3v) is 5.03. The fraction of sp³-hybridized carbons (Fsp3) is 0.0417. The molecule has 0 aliphatic carbocycles. The molecule has 0 unspecified atom stereocenters. The highest BCUT2D eigenvalue weighted by Gasteiger charge is 2.25. The standard InChI is InChI=1S/C24H17N5O3/c1-15-9-12-19-20(27-15)7-4-8-21(19)28-23-22(29(30)31)24(26-14-25-23)32-18-11-10-16-5-2-3-6-17(16)13-18/h2-14H,1H3,(H,25,26,28). The number of nitro groups is 1. The fourth-order valence-electron chi connectivity index (χ4n) is 3.53. The molecule has 0 atom stereocenters. The molecule has 156 valence electrons. The first-order chi connectivity index (χ1) is 15.6. The van der Waals surface area contributed by atoms with Crippen LogP contribution in [-0.4, -0.2) is 19.9 Å². The number of fused-ring (bicyclic) bond motifs is 2. The molecule has 0 aliphatic rings. The fourth-order valence-corrected chi connectivity index (χ4v) is 3.53. The number of aryl methyl sites for hydroxylation is 1. The lowest BCUT2D eigenvalue weighted by Crippen LogP contribution is -2.04. The van der Waals surface area contributed by atoms with Crippen molar-refractivity contribution in [3.8, 4) is 11.6 Å². The number of nitrogens with zero attached hydrogens (tertiary/aromatic N) is 4. The lowest BCUT2D eigenvalue weighted by atomic mass is 10.1. The molecule has 5 rings (SSSR count). The van der Waals surface area contributed by atoms with E-state index in [1.165, 1.54) is 6.33 Å². The highest BCUT2D eigenvalue weighted by molar-refractivity contribution is 5.93. The number of hydrogen-bond donors (Lipinski definition) is 1. The van der Waals surface area contributed by atoms with Gasteiger partial charge in [0.2, 0.25) is 5.82 Å². The van der Waals surface area contributed by atoms with Crippen molar-refractivity contribution in [2.45, 2.75) is 6.92 Å². The van der Waals surface area contributed by atoms with Crippen LogP contribution in [0.1, 0.15) is 5.69 Å². The number of rotatable bonds is 5. The predicted octanol–water partition coefficient (Wildman–Crippen LogP) is 5.93. The molecule has 1 N–H and O–H groups in total. The maximum Gasteiger partial charge on any atom is 0.373 e. The van der Waals surface area contributed by atoms with Crippen LogP contribution in [0.2, 0.25) is 0 Å². The van der Waals surface area contributed by atoms with Crippen molar-refractivity contribution in [3.05, 3.63) is 94.9 Å². The van der Waals surface area contributed by atoms with Crippen molar-refractivity contribution in [3.63, 3.8) is 0 Å². The van der Waals surface area contributed by atoms with Crippen LogP contribution in [0.5, 0.6) is 11.6 Å². The summed E-state index contributed by atoms with van der Waals surface area (Å²) >= 11 is 0. The molecule has 0 spiro atoms. The maximum absolute atomic E-state index is 11.9. The van der Waals surface area contributed by atoms with Gasteiger partial charge in [0.05, 0.1) is 10.4 Å². The minimum absolute atomic E-state index is 0.0360. The SMILES string of the molecule is Cc1ccc2c(Nc3ncnc(Oc4ccc5ccccc5c4)c3[N+](=O)[O-])cccc2n1. The highest BCUT2D eigenvalue weighted by Crippen LogP contribution is 2.37. The van der Waals surface area contributed by atoms with E-state index in [4.69, 9.17) is 4.74 Å². The second-order valence-electron chi connectivity index (χ2n) is 7.19. The normalized spacial score (nSPS) is 10.9. The number of pyridine rings is 1. The van der Waals surface area contributed by atoms with Gasteiger partial charge in [-0.15, -0.1) is 0 Å². The number of anilines is 2. The summed E-state index contributed by atoms with van der Waals surface area (Å²) in [4.78, 5) is 24.0. The largest absolute Gasteiger partial charge is 0.434 e. The summed E-state index contributed by atoms with van der Waals surface area (Å²) in [5.41, 5.74) is 1.96. The molecular weight excluding hydrogens is 406 g/mol. The first-order valence-electron chi connectivity index (χ1n) is 9.88. The van der Waals surface area contributed by atoms with E-state index < -0.39 is 4.92 Å². The summed E-state index contributed by atoms with van der Waals surface area (Å²) in [6.45, 7) is 1.91. The quantitative estimate of drug-likeness (QED) is 0.276. The molecule has 0 radical (unpaired) electrons. The second kappa shape index (κ2) is 7.92. The first-order valence-corrected chi connectivity index (χ1v) is 9.88. The molecule has 5 aromatic rings. The number of benzene rings is 3. The van der Waals surface area contributed by atoms with Gasteiger partial charge in [0, 0.05) is 16.8 Å². The highest BCUT2D eigenvalue weighted by atomic mass is 16.6. The molecule has 0 fully saturated rings. The van der Waals surface area contributed by atoms with Gasteiger partial charge in [-0.1, -0.05) is 36.4 Å². The minimum atomic E-state index is -0.549. The smallest absolute Gasteiger partial charge is 0.373 e. The number of hydrogen-bond acceptors (Lipinski definition) is 7. The second-order valence-corrected chi connectivity index (χ2v) is 7.19. The lowest BCUT2D eigenvalue weighted by molar-refractivity contribution is -0.385. The molecule has 0 bridgehead atoms. The zero-order chi connectivity index (χ0) is 22.1. The average Bonchev–Trinajstić information content (AvgIpc) is 2.79. The molecule has 32 heavy (non-hydrogen) atoms. The van der Waals surface area contributed by atoms with Crippen molar-refractivity contribution in [1.82, 2.24) is 15.0 Å². The van der Waals surface area contributed by atoms with Gasteiger partial charge in [-0.3, -0.25) is 15.1 Å². The summed E-state index contributed by atoms with van der Waals surface area (Å²) in [6, 6.07) is 22.6. The Bertz CT molecular complexity index is 1490. The summed E-state index contributed by atoms with van der Waals surface area (Å²) in [7, 11) is 0. The molecule has 0 aliphatic heterocycles. The van der Waals surface area contributed by atoms with E-state index in [-0.39, 0.29) is 17.4 Å². The van der Waals surface area contributed by atoms with Crippen molar-refractivity contribution >= 4 is 38.9 Å². The number of ether oxygens (including phenoxy) is 1. The monoisotopic (exact) mass is 423 g/mol. The Kier molecular flexibility index (Phi) is 4.79. The van der Waals surface area contributed by atoms with E-state index in [0.29, 0.717) is 11.4 Å². The Morgan fingerprint density at radius 2 is 1.78 bits per heavy atom. The van der Waals surface area contributed by atoms with Gasteiger partial charge in [-0.2, -0.15) is 4.98 Å². The average molecular weight is 423 g/mol. The molecule has 8 nitrogen and oxygen atoms in total. The van der Waals surface area contributed by atoms with Crippen molar-refractivity contribution < 1.29 is 9.66 Å². The van der Waals surface area contributed by atoms with Crippen LogP contribution < -0.4 is 10.1 Å². The van der Waals surface area contributed by atoms with E-state index in [9.17, 15) is 10.1 Å². The molecular formula is C24H17N5O3. The van der Waals surface area contributed by atoms with Gasteiger partial charge >= 0.3 is 11.6 Å². The third-order valence-electron chi connectivity index (χ3n) is 5.03. The van der Waals surface area contributed by atoms with E-state index in [2.05, 4.69) is 20.3 Å². The van der Waals surface area contributed by atoms with Crippen LogP contribution in [-0.2, 0) is 0 Å².